The molecule has 0 unspecified atom stereocenters. The largest absolute Gasteiger partial charge is 0.550 e. The third-order valence-electron chi connectivity index (χ3n) is 3.32. The molecule has 0 saturated carbocycles. The fraction of sp³-hybridized carbons (Fsp3) is 0.500. The molecule has 0 aliphatic carbocycles. The Bertz CT molecular complexity index is 610. The van der Waals surface area contributed by atoms with Crippen molar-refractivity contribution in [2.75, 3.05) is 11.9 Å². The second-order valence-electron chi connectivity index (χ2n) is 4.80. The monoisotopic (exact) mass is 292 g/mol. The van der Waals surface area contributed by atoms with Crippen molar-refractivity contribution in [1.29, 1.82) is 0 Å². The van der Waals surface area contributed by atoms with Crippen molar-refractivity contribution in [3.8, 4) is 0 Å². The number of nitrogens with zero attached hydrogens (tertiary/aromatic N) is 2. The van der Waals surface area contributed by atoms with Crippen LogP contribution >= 0.6 is 11.3 Å². The number of aromatic nitrogens is 2. The summed E-state index contributed by atoms with van der Waals surface area (Å²) >= 11 is 1.68. The van der Waals surface area contributed by atoms with Crippen LogP contribution in [0.1, 0.15) is 36.1 Å². The first-order valence-corrected chi connectivity index (χ1v) is 7.55. The maximum atomic E-state index is 10.3. The highest BCUT2D eigenvalue weighted by atomic mass is 32.1. The molecule has 5 nitrogen and oxygen atoms in total. The molecule has 2 aromatic rings. The van der Waals surface area contributed by atoms with Crippen molar-refractivity contribution in [3.05, 3.63) is 16.8 Å². The van der Waals surface area contributed by atoms with E-state index in [4.69, 9.17) is 0 Å². The van der Waals surface area contributed by atoms with Crippen LogP contribution in [0.3, 0.4) is 0 Å². The van der Waals surface area contributed by atoms with Crippen LogP contribution < -0.4 is 10.4 Å². The third kappa shape index (κ3) is 3.45. The molecule has 2 heterocycles. The Balaban J connectivity index is 1.92. The second-order valence-corrected chi connectivity index (χ2v) is 6.00. The first kappa shape index (κ1) is 14.7. The van der Waals surface area contributed by atoms with Crippen molar-refractivity contribution >= 4 is 33.3 Å². The van der Waals surface area contributed by atoms with Gasteiger partial charge in [-0.2, -0.15) is 0 Å². The lowest BCUT2D eigenvalue weighted by atomic mass is 10.2. The van der Waals surface area contributed by atoms with Gasteiger partial charge in [0.05, 0.1) is 5.39 Å². The van der Waals surface area contributed by atoms with Gasteiger partial charge >= 0.3 is 0 Å². The van der Waals surface area contributed by atoms with Gasteiger partial charge in [-0.05, 0) is 38.7 Å². The predicted molar refractivity (Wildman–Crippen MR) is 78.9 cm³/mol. The average molecular weight is 292 g/mol. The topological polar surface area (TPSA) is 77.9 Å². The van der Waals surface area contributed by atoms with Crippen molar-refractivity contribution in [2.45, 2.75) is 39.5 Å². The molecule has 0 saturated heterocycles. The first-order valence-electron chi connectivity index (χ1n) is 6.74. The summed E-state index contributed by atoms with van der Waals surface area (Å²) in [4.78, 5) is 21.2. The summed E-state index contributed by atoms with van der Waals surface area (Å²) in [5, 5.41) is 14.7. The van der Waals surface area contributed by atoms with Crippen LogP contribution in [-0.2, 0) is 4.79 Å². The van der Waals surface area contributed by atoms with Crippen molar-refractivity contribution in [1.82, 2.24) is 9.97 Å². The van der Waals surface area contributed by atoms with Gasteiger partial charge in [0, 0.05) is 17.4 Å². The molecule has 0 radical (unpaired) electrons. The van der Waals surface area contributed by atoms with Gasteiger partial charge in [-0.1, -0.05) is 6.42 Å². The number of nitrogens with one attached hydrogen (secondary N) is 1. The minimum Gasteiger partial charge on any atom is -0.550 e. The predicted octanol–water partition coefficient (Wildman–Crippen LogP) is 2.03. The van der Waals surface area contributed by atoms with Gasteiger partial charge in [0.25, 0.3) is 0 Å². The summed E-state index contributed by atoms with van der Waals surface area (Å²) in [5.41, 5.74) is 1.23. The highest BCUT2D eigenvalue weighted by molar-refractivity contribution is 7.18. The summed E-state index contributed by atoms with van der Waals surface area (Å²) in [5.74, 6) is -0.100. The molecule has 0 aliphatic rings. The van der Waals surface area contributed by atoms with Crippen LogP contribution in [0.15, 0.2) is 6.33 Å². The third-order valence-corrected chi connectivity index (χ3v) is 4.43. The molecule has 1 N–H and O–H groups in total. The van der Waals surface area contributed by atoms with E-state index >= 15 is 0 Å². The number of carbonyl (C=O) groups excluding carboxylic acids is 1. The Labute approximate surface area is 122 Å². The number of carboxylic acids is 1. The fourth-order valence-corrected chi connectivity index (χ4v) is 3.09. The molecule has 2 aromatic heterocycles. The molecular formula is C14H18N3O2S-. The lowest BCUT2D eigenvalue weighted by molar-refractivity contribution is -0.305. The van der Waals surface area contributed by atoms with E-state index in [1.54, 1.807) is 17.7 Å². The lowest BCUT2D eigenvalue weighted by Gasteiger charge is -2.07. The molecule has 2 rings (SSSR count). The molecule has 6 heteroatoms. The Morgan fingerprint density at radius 1 is 1.30 bits per heavy atom. The van der Waals surface area contributed by atoms with E-state index in [2.05, 4.69) is 29.1 Å². The van der Waals surface area contributed by atoms with Crippen LogP contribution in [0.4, 0.5) is 5.82 Å². The smallest absolute Gasteiger partial charge is 0.138 e. The number of aryl methyl sites for hydroxylation is 2. The van der Waals surface area contributed by atoms with E-state index in [9.17, 15) is 9.90 Å². The minimum atomic E-state index is -0.972. The van der Waals surface area contributed by atoms with Crippen LogP contribution in [0.5, 0.6) is 0 Å². The standard InChI is InChI=1S/C14H19N3O2S/c1-9-10(2)20-14-12(9)13(16-8-17-14)15-7-5-3-4-6-11(18)19/h8H,3-7H2,1-2H3,(H,18,19)(H,15,16,17)/p-1. The van der Waals surface area contributed by atoms with Crippen LogP contribution in [0, 0.1) is 13.8 Å². The number of carboxylic acid groups (broad SMARTS) is 1. The molecule has 0 spiro atoms. The van der Waals surface area contributed by atoms with Crippen molar-refractivity contribution in [3.63, 3.8) is 0 Å². The summed E-state index contributed by atoms with van der Waals surface area (Å²) in [6.07, 6.45) is 4.17. The highest BCUT2D eigenvalue weighted by Gasteiger charge is 2.11. The first-order chi connectivity index (χ1) is 9.59. The number of thiophene rings is 1. The molecular weight excluding hydrogens is 274 g/mol. The van der Waals surface area contributed by atoms with E-state index in [0.29, 0.717) is 6.42 Å². The molecule has 0 aromatic carbocycles. The van der Waals surface area contributed by atoms with Gasteiger partial charge in [0.1, 0.15) is 17.0 Å². The number of rotatable bonds is 7. The lowest BCUT2D eigenvalue weighted by Crippen LogP contribution is -2.21. The molecule has 20 heavy (non-hydrogen) atoms. The highest BCUT2D eigenvalue weighted by Crippen LogP contribution is 2.32. The number of unbranched alkanes of at least 4 members (excludes halogenated alkanes) is 2. The SMILES string of the molecule is Cc1sc2ncnc(NCCCCCC(=O)[O-])c2c1C. The summed E-state index contributed by atoms with van der Waals surface area (Å²) in [7, 11) is 0. The summed E-state index contributed by atoms with van der Waals surface area (Å²) < 4.78 is 0. The summed E-state index contributed by atoms with van der Waals surface area (Å²) in [6.45, 7) is 4.96. The number of aliphatic carboxylic acids is 1. The molecule has 108 valence electrons. The number of hydrogen-bond donors (Lipinski definition) is 1. The Morgan fingerprint density at radius 2 is 2.10 bits per heavy atom. The zero-order valence-electron chi connectivity index (χ0n) is 11.7. The Morgan fingerprint density at radius 3 is 2.85 bits per heavy atom. The molecule has 0 aliphatic heterocycles. The maximum absolute atomic E-state index is 10.3. The number of fused-ring (bicyclic) bond motifs is 1. The zero-order chi connectivity index (χ0) is 14.5. The quantitative estimate of drug-likeness (QED) is 0.790. The normalized spacial score (nSPS) is 10.9. The summed E-state index contributed by atoms with van der Waals surface area (Å²) in [6, 6.07) is 0. The van der Waals surface area contributed by atoms with Gasteiger partial charge in [-0.15, -0.1) is 11.3 Å². The van der Waals surface area contributed by atoms with Crippen molar-refractivity contribution in [2.24, 2.45) is 0 Å². The maximum Gasteiger partial charge on any atom is 0.138 e. The van der Waals surface area contributed by atoms with Gasteiger partial charge in [-0.3, -0.25) is 0 Å². The molecule has 0 fully saturated rings. The molecule has 0 atom stereocenters. The Hall–Kier alpha value is -1.69. The van der Waals surface area contributed by atoms with Crippen LogP contribution in [0.25, 0.3) is 10.2 Å². The van der Waals surface area contributed by atoms with E-state index in [1.165, 1.54) is 10.4 Å². The average Bonchev–Trinajstić information content (AvgIpc) is 2.70. The second kappa shape index (κ2) is 6.65. The van der Waals surface area contributed by atoms with Gasteiger partial charge in [0.15, 0.2) is 0 Å². The van der Waals surface area contributed by atoms with E-state index < -0.39 is 5.97 Å². The van der Waals surface area contributed by atoms with Gasteiger partial charge in [0.2, 0.25) is 0 Å². The van der Waals surface area contributed by atoms with E-state index in [0.717, 1.165) is 35.4 Å². The van der Waals surface area contributed by atoms with Crippen molar-refractivity contribution < 1.29 is 9.90 Å². The molecule has 0 amide bonds. The number of anilines is 1. The Kier molecular flexibility index (Phi) is 4.89. The van der Waals surface area contributed by atoms with Crippen LogP contribution in [0.2, 0.25) is 0 Å². The number of carbonyl (C=O) groups is 1. The minimum absolute atomic E-state index is 0.139. The van der Waals surface area contributed by atoms with Gasteiger partial charge < -0.3 is 15.2 Å². The van der Waals surface area contributed by atoms with E-state index in [1.807, 2.05) is 0 Å². The van der Waals surface area contributed by atoms with Gasteiger partial charge in [-0.25, -0.2) is 9.97 Å². The number of hydrogen-bond acceptors (Lipinski definition) is 6. The fourth-order valence-electron chi connectivity index (χ4n) is 2.09. The van der Waals surface area contributed by atoms with E-state index in [-0.39, 0.29) is 6.42 Å². The van der Waals surface area contributed by atoms with Crippen LogP contribution in [-0.4, -0.2) is 22.5 Å². The zero-order valence-corrected chi connectivity index (χ0v) is 12.5. The molecule has 0 bridgehead atoms.